The standard InChI is InChI=1S/C16H14BrF3N6OS/c1-28-24-10-6-25(7-10)15(27)12-13(17)26-5-8(9-3-21-22-4-9)2-11(14(26)23-12)16(18,19)20/h2-5,10,24H,6-7H2,1H3,(H,21,22). The van der Waals surface area contributed by atoms with Crippen molar-refractivity contribution in [2.75, 3.05) is 19.3 Å². The molecule has 1 aliphatic heterocycles. The van der Waals surface area contributed by atoms with Crippen LogP contribution in [-0.4, -0.2) is 55.8 Å². The van der Waals surface area contributed by atoms with Crippen LogP contribution in [0.4, 0.5) is 13.2 Å². The number of fused-ring (bicyclic) bond motifs is 1. The number of imidazole rings is 1. The lowest BCUT2D eigenvalue weighted by Gasteiger charge is -2.38. The number of nitrogens with zero attached hydrogens (tertiary/aromatic N) is 4. The lowest BCUT2D eigenvalue weighted by atomic mass is 10.1. The molecular weight excluding hydrogens is 461 g/mol. The normalized spacial score (nSPS) is 15.2. The summed E-state index contributed by atoms with van der Waals surface area (Å²) in [7, 11) is 0. The van der Waals surface area contributed by atoms with Crippen LogP contribution in [0, 0.1) is 0 Å². The Balaban J connectivity index is 1.78. The third-order valence-electron chi connectivity index (χ3n) is 4.45. The number of aromatic nitrogens is 4. The van der Waals surface area contributed by atoms with E-state index >= 15 is 0 Å². The van der Waals surface area contributed by atoms with E-state index in [2.05, 4.69) is 35.8 Å². The third kappa shape index (κ3) is 3.29. The van der Waals surface area contributed by atoms with Crippen molar-refractivity contribution in [3.8, 4) is 11.1 Å². The van der Waals surface area contributed by atoms with Gasteiger partial charge in [-0.1, -0.05) is 11.9 Å². The van der Waals surface area contributed by atoms with E-state index in [0.29, 0.717) is 24.2 Å². The highest BCUT2D eigenvalue weighted by Gasteiger charge is 2.38. The van der Waals surface area contributed by atoms with Gasteiger partial charge in [-0.05, 0) is 28.3 Å². The summed E-state index contributed by atoms with van der Waals surface area (Å²) in [5, 5.41) is 6.36. The molecule has 148 valence electrons. The van der Waals surface area contributed by atoms with E-state index in [9.17, 15) is 18.0 Å². The zero-order valence-corrected chi connectivity index (χ0v) is 16.8. The first-order valence-electron chi connectivity index (χ1n) is 8.15. The second-order valence-corrected chi connectivity index (χ2v) is 7.70. The molecule has 4 rings (SSSR count). The van der Waals surface area contributed by atoms with Crippen molar-refractivity contribution < 1.29 is 18.0 Å². The summed E-state index contributed by atoms with van der Waals surface area (Å²) in [5.41, 5.74) is -0.489. The Kier molecular flexibility index (Phi) is 4.88. The quantitative estimate of drug-likeness (QED) is 0.567. The van der Waals surface area contributed by atoms with Gasteiger partial charge in [0.2, 0.25) is 0 Å². The van der Waals surface area contributed by atoms with Gasteiger partial charge in [0.25, 0.3) is 5.91 Å². The van der Waals surface area contributed by atoms with E-state index in [1.807, 2.05) is 6.26 Å². The molecule has 0 saturated carbocycles. The molecule has 1 amide bonds. The lowest BCUT2D eigenvalue weighted by molar-refractivity contribution is -0.136. The number of carbonyl (C=O) groups is 1. The Bertz CT molecular complexity index is 1030. The van der Waals surface area contributed by atoms with E-state index in [0.717, 1.165) is 6.07 Å². The van der Waals surface area contributed by atoms with Crippen LogP contribution < -0.4 is 4.72 Å². The number of nitrogens with one attached hydrogen (secondary N) is 2. The SMILES string of the molecule is CSNC1CN(C(=O)c2nc3c(C(F)(F)F)cc(-c4cn[nH]c4)cn3c2Br)C1. The molecule has 7 nitrogen and oxygen atoms in total. The first-order chi connectivity index (χ1) is 13.3. The van der Waals surface area contributed by atoms with Gasteiger partial charge in [0.1, 0.15) is 4.60 Å². The maximum absolute atomic E-state index is 13.7. The molecule has 3 aromatic rings. The molecule has 1 saturated heterocycles. The van der Waals surface area contributed by atoms with Crippen molar-refractivity contribution in [2.45, 2.75) is 12.2 Å². The molecule has 3 aromatic heterocycles. The number of amides is 1. The van der Waals surface area contributed by atoms with E-state index in [-0.39, 0.29) is 22.0 Å². The molecule has 0 atom stereocenters. The van der Waals surface area contributed by atoms with Crippen molar-refractivity contribution in [1.29, 1.82) is 0 Å². The molecule has 1 aliphatic rings. The molecule has 28 heavy (non-hydrogen) atoms. The van der Waals surface area contributed by atoms with Crippen molar-refractivity contribution in [3.05, 3.63) is 40.5 Å². The first kappa shape index (κ1) is 19.3. The van der Waals surface area contributed by atoms with E-state index in [1.165, 1.54) is 34.9 Å². The average molecular weight is 475 g/mol. The van der Waals surface area contributed by atoms with Crippen LogP contribution in [0.5, 0.6) is 0 Å². The maximum Gasteiger partial charge on any atom is 0.420 e. The number of H-pyrrole nitrogens is 1. The molecule has 0 aromatic carbocycles. The molecule has 0 radical (unpaired) electrons. The zero-order chi connectivity index (χ0) is 20.1. The summed E-state index contributed by atoms with van der Waals surface area (Å²) >= 11 is 4.72. The number of carbonyl (C=O) groups excluding carboxylic acids is 1. The molecular formula is C16H14BrF3N6OS. The number of hydrogen-bond donors (Lipinski definition) is 2. The van der Waals surface area contributed by atoms with Gasteiger partial charge in [-0.2, -0.15) is 18.3 Å². The van der Waals surface area contributed by atoms with Crippen molar-refractivity contribution >= 4 is 39.4 Å². The van der Waals surface area contributed by atoms with Gasteiger partial charge in [-0.3, -0.25) is 19.0 Å². The van der Waals surface area contributed by atoms with Crippen LogP contribution in [0.2, 0.25) is 0 Å². The predicted octanol–water partition coefficient (Wildman–Crippen LogP) is 3.20. The summed E-state index contributed by atoms with van der Waals surface area (Å²) in [6.07, 6.45) is 1.68. The summed E-state index contributed by atoms with van der Waals surface area (Å²) in [6.45, 7) is 0.957. The summed E-state index contributed by atoms with van der Waals surface area (Å²) in [6, 6.07) is 1.17. The Labute approximate surface area is 170 Å². The van der Waals surface area contributed by atoms with Gasteiger partial charge in [0.05, 0.1) is 17.8 Å². The lowest BCUT2D eigenvalue weighted by Crippen LogP contribution is -2.58. The van der Waals surface area contributed by atoms with Gasteiger partial charge < -0.3 is 4.90 Å². The molecule has 0 unspecified atom stereocenters. The summed E-state index contributed by atoms with van der Waals surface area (Å²) in [4.78, 5) is 18.3. The summed E-state index contributed by atoms with van der Waals surface area (Å²) < 4.78 is 45.5. The van der Waals surface area contributed by atoms with Gasteiger partial charge in [0.15, 0.2) is 11.3 Å². The van der Waals surface area contributed by atoms with E-state index in [4.69, 9.17) is 0 Å². The molecule has 12 heteroatoms. The number of hydrogen-bond acceptors (Lipinski definition) is 5. The highest BCUT2D eigenvalue weighted by atomic mass is 79.9. The minimum absolute atomic E-state index is 0.0440. The fourth-order valence-electron chi connectivity index (χ4n) is 3.06. The van der Waals surface area contributed by atoms with Crippen LogP contribution in [-0.2, 0) is 6.18 Å². The molecule has 1 fully saturated rings. The van der Waals surface area contributed by atoms with Crippen LogP contribution in [0.15, 0.2) is 29.3 Å². The molecule has 2 N–H and O–H groups in total. The smallest absolute Gasteiger partial charge is 0.334 e. The Hall–Kier alpha value is -2.05. The van der Waals surface area contributed by atoms with Crippen LogP contribution in [0.25, 0.3) is 16.8 Å². The number of pyridine rings is 1. The second-order valence-electron chi connectivity index (χ2n) is 6.30. The largest absolute Gasteiger partial charge is 0.420 e. The molecule has 0 spiro atoms. The molecule has 0 aliphatic carbocycles. The monoisotopic (exact) mass is 474 g/mol. The number of alkyl halides is 3. The highest BCUT2D eigenvalue weighted by molar-refractivity contribution is 9.10. The van der Waals surface area contributed by atoms with Crippen molar-refractivity contribution in [3.63, 3.8) is 0 Å². The maximum atomic E-state index is 13.7. The highest BCUT2D eigenvalue weighted by Crippen LogP contribution is 2.37. The van der Waals surface area contributed by atoms with Crippen LogP contribution >= 0.6 is 27.9 Å². The number of aromatic amines is 1. The minimum Gasteiger partial charge on any atom is -0.334 e. The molecule has 0 bridgehead atoms. The third-order valence-corrected chi connectivity index (χ3v) is 5.78. The topological polar surface area (TPSA) is 78.3 Å². The van der Waals surface area contributed by atoms with Gasteiger partial charge in [-0.15, -0.1) is 0 Å². The summed E-state index contributed by atoms with van der Waals surface area (Å²) in [5.74, 6) is -0.410. The van der Waals surface area contributed by atoms with Crippen LogP contribution in [0.3, 0.4) is 0 Å². The Morgan fingerprint density at radius 2 is 2.14 bits per heavy atom. The van der Waals surface area contributed by atoms with Gasteiger partial charge >= 0.3 is 6.18 Å². The van der Waals surface area contributed by atoms with E-state index < -0.39 is 17.6 Å². The Morgan fingerprint density at radius 3 is 2.75 bits per heavy atom. The average Bonchev–Trinajstić information content (AvgIpc) is 3.24. The van der Waals surface area contributed by atoms with Crippen LogP contribution in [0.1, 0.15) is 16.1 Å². The van der Waals surface area contributed by atoms with Gasteiger partial charge in [-0.25, -0.2) is 4.98 Å². The van der Waals surface area contributed by atoms with E-state index in [1.54, 1.807) is 4.90 Å². The zero-order valence-electron chi connectivity index (χ0n) is 14.4. The number of rotatable bonds is 4. The van der Waals surface area contributed by atoms with Crippen molar-refractivity contribution in [2.24, 2.45) is 0 Å². The fourth-order valence-corrected chi connectivity index (χ4v) is 4.07. The minimum atomic E-state index is -4.63. The Morgan fingerprint density at radius 1 is 1.39 bits per heavy atom. The van der Waals surface area contributed by atoms with Crippen molar-refractivity contribution in [1.82, 2.24) is 29.2 Å². The fraction of sp³-hybridized carbons (Fsp3) is 0.312. The first-order valence-corrected chi connectivity index (χ1v) is 10.2. The predicted molar refractivity (Wildman–Crippen MR) is 102 cm³/mol. The number of halogens is 4. The number of likely N-dealkylation sites (tertiary alicyclic amines) is 1. The molecule has 4 heterocycles. The second kappa shape index (κ2) is 7.08. The van der Waals surface area contributed by atoms with Gasteiger partial charge in [0, 0.05) is 36.6 Å².